The fourth-order valence-electron chi connectivity index (χ4n) is 2.34. The summed E-state index contributed by atoms with van der Waals surface area (Å²) in [5.41, 5.74) is 0.411. The van der Waals surface area contributed by atoms with Crippen molar-refractivity contribution in [1.82, 2.24) is 4.72 Å². The Morgan fingerprint density at radius 2 is 1.88 bits per heavy atom. The molecule has 1 fully saturated rings. The predicted octanol–water partition coefficient (Wildman–Crippen LogP) is 2.61. The maximum Gasteiger partial charge on any atom is 0.265 e. The number of hydrogen-bond acceptors (Lipinski definition) is 5. The van der Waals surface area contributed by atoms with Gasteiger partial charge in [-0.05, 0) is 61.7 Å². The number of nitrogens with zero attached hydrogens (tertiary/aromatic N) is 1. The van der Waals surface area contributed by atoms with Crippen LogP contribution in [0.3, 0.4) is 0 Å². The molecule has 7 heteroatoms. The van der Waals surface area contributed by atoms with Gasteiger partial charge >= 0.3 is 0 Å². The summed E-state index contributed by atoms with van der Waals surface area (Å²) in [7, 11) is -4.05. The lowest BCUT2D eigenvalue weighted by Crippen LogP contribution is -2.30. The fourth-order valence-corrected chi connectivity index (χ4v) is 3.36. The fraction of sp³-hybridized carbons (Fsp3) is 0.222. The van der Waals surface area contributed by atoms with Crippen LogP contribution in [0.25, 0.3) is 0 Å². The summed E-state index contributed by atoms with van der Waals surface area (Å²) in [5.74, 6) is -0.0802. The van der Waals surface area contributed by atoms with Gasteiger partial charge in [-0.15, -0.1) is 0 Å². The molecule has 1 aliphatic carbocycles. The molecule has 3 rings (SSSR count). The minimum absolute atomic E-state index is 0.134. The van der Waals surface area contributed by atoms with Crippen LogP contribution in [0.2, 0.25) is 0 Å². The molecule has 0 saturated heterocycles. The van der Waals surface area contributed by atoms with E-state index in [0.717, 1.165) is 19.3 Å². The summed E-state index contributed by atoms with van der Waals surface area (Å²) in [5, 5.41) is 8.85. The van der Waals surface area contributed by atoms with Crippen LogP contribution in [-0.2, 0) is 10.0 Å². The van der Waals surface area contributed by atoms with Crippen molar-refractivity contribution < 1.29 is 17.9 Å². The SMILES string of the molecule is N#Cc1cccc(S(=O)(=O)NC(=O)c2ccc(OC3CCC3)cc2)c1. The van der Waals surface area contributed by atoms with Crippen LogP contribution >= 0.6 is 0 Å². The molecule has 1 saturated carbocycles. The standard InChI is InChI=1S/C18H16N2O4S/c19-12-13-3-1-6-17(11-13)25(22,23)20-18(21)14-7-9-16(10-8-14)24-15-4-2-5-15/h1,3,6-11,15H,2,4-5H2,(H,20,21). The number of carbonyl (C=O) groups excluding carboxylic acids is 1. The third kappa shape index (κ3) is 3.98. The van der Waals surface area contributed by atoms with E-state index in [1.54, 1.807) is 12.1 Å². The third-order valence-electron chi connectivity index (χ3n) is 3.97. The van der Waals surface area contributed by atoms with Crippen molar-refractivity contribution in [1.29, 1.82) is 5.26 Å². The molecule has 0 bridgehead atoms. The lowest BCUT2D eigenvalue weighted by Gasteiger charge is -2.26. The molecule has 0 unspecified atom stereocenters. The summed E-state index contributed by atoms with van der Waals surface area (Å²) in [4.78, 5) is 12.1. The molecule has 0 spiro atoms. The maximum atomic E-state index is 12.3. The highest BCUT2D eigenvalue weighted by Gasteiger charge is 2.21. The Kier molecular flexibility index (Phi) is 4.72. The molecule has 2 aromatic carbocycles. The normalized spacial score (nSPS) is 14.2. The molecule has 6 nitrogen and oxygen atoms in total. The number of benzene rings is 2. The van der Waals surface area contributed by atoms with Crippen LogP contribution in [0, 0.1) is 11.3 Å². The zero-order chi connectivity index (χ0) is 17.9. The topological polar surface area (TPSA) is 96.3 Å². The highest BCUT2D eigenvalue weighted by Crippen LogP contribution is 2.25. The van der Waals surface area contributed by atoms with Gasteiger partial charge in [0.05, 0.1) is 22.6 Å². The van der Waals surface area contributed by atoms with Crippen LogP contribution in [0.4, 0.5) is 0 Å². The number of carbonyl (C=O) groups is 1. The van der Waals surface area contributed by atoms with Gasteiger partial charge in [-0.25, -0.2) is 13.1 Å². The zero-order valence-electron chi connectivity index (χ0n) is 13.3. The second kappa shape index (κ2) is 6.95. The number of amides is 1. The highest BCUT2D eigenvalue weighted by atomic mass is 32.2. The van der Waals surface area contributed by atoms with Gasteiger partial charge in [-0.3, -0.25) is 4.79 Å². The molecule has 1 aliphatic rings. The molecule has 1 amide bonds. The van der Waals surface area contributed by atoms with Gasteiger partial charge in [0.1, 0.15) is 5.75 Å². The molecule has 0 heterocycles. The number of rotatable bonds is 5. The van der Waals surface area contributed by atoms with Crippen molar-refractivity contribution in [2.24, 2.45) is 0 Å². The van der Waals surface area contributed by atoms with Gasteiger partial charge in [-0.2, -0.15) is 5.26 Å². The average molecular weight is 356 g/mol. The quantitative estimate of drug-likeness (QED) is 0.888. The smallest absolute Gasteiger partial charge is 0.265 e. The Hall–Kier alpha value is -2.85. The van der Waals surface area contributed by atoms with E-state index in [-0.39, 0.29) is 22.1 Å². The molecular formula is C18H16N2O4S. The Morgan fingerprint density at radius 1 is 1.16 bits per heavy atom. The Morgan fingerprint density at radius 3 is 2.48 bits per heavy atom. The summed E-state index contributed by atoms with van der Waals surface area (Å²) in [6, 6.07) is 13.7. The largest absolute Gasteiger partial charge is 0.490 e. The molecule has 128 valence electrons. The molecule has 25 heavy (non-hydrogen) atoms. The van der Waals surface area contributed by atoms with Gasteiger partial charge in [0.15, 0.2) is 0 Å². The molecule has 2 aromatic rings. The Labute approximate surface area is 146 Å². The van der Waals surface area contributed by atoms with E-state index in [2.05, 4.69) is 0 Å². The first kappa shape index (κ1) is 17.0. The van der Waals surface area contributed by atoms with Crippen LogP contribution < -0.4 is 9.46 Å². The van der Waals surface area contributed by atoms with Crippen molar-refractivity contribution >= 4 is 15.9 Å². The lowest BCUT2D eigenvalue weighted by molar-refractivity contribution is 0.0981. The van der Waals surface area contributed by atoms with Gasteiger partial charge in [0.25, 0.3) is 15.9 Å². The van der Waals surface area contributed by atoms with E-state index in [0.29, 0.717) is 5.75 Å². The molecular weight excluding hydrogens is 340 g/mol. The lowest BCUT2D eigenvalue weighted by atomic mass is 9.96. The second-order valence-corrected chi connectivity index (χ2v) is 7.45. The monoisotopic (exact) mass is 356 g/mol. The van der Waals surface area contributed by atoms with Crippen molar-refractivity contribution in [2.45, 2.75) is 30.3 Å². The Balaban J connectivity index is 1.71. The van der Waals surface area contributed by atoms with E-state index >= 15 is 0 Å². The van der Waals surface area contributed by atoms with Gasteiger partial charge in [0, 0.05) is 5.56 Å². The van der Waals surface area contributed by atoms with Crippen LogP contribution in [0.15, 0.2) is 53.4 Å². The maximum absolute atomic E-state index is 12.3. The summed E-state index contributed by atoms with van der Waals surface area (Å²) in [6.45, 7) is 0. The molecule has 0 aliphatic heterocycles. The first-order valence-electron chi connectivity index (χ1n) is 7.82. The minimum atomic E-state index is -4.05. The van der Waals surface area contributed by atoms with E-state index in [9.17, 15) is 13.2 Å². The number of ether oxygens (including phenoxy) is 1. The summed E-state index contributed by atoms with van der Waals surface area (Å²) < 4.78 is 32.3. The van der Waals surface area contributed by atoms with E-state index in [1.807, 2.05) is 10.8 Å². The van der Waals surface area contributed by atoms with Gasteiger partial charge in [-0.1, -0.05) is 6.07 Å². The van der Waals surface area contributed by atoms with E-state index in [1.165, 1.54) is 36.4 Å². The predicted molar refractivity (Wildman–Crippen MR) is 90.5 cm³/mol. The van der Waals surface area contributed by atoms with Crippen LogP contribution in [0.5, 0.6) is 5.75 Å². The van der Waals surface area contributed by atoms with Crippen LogP contribution in [0.1, 0.15) is 35.2 Å². The third-order valence-corrected chi connectivity index (χ3v) is 5.30. The van der Waals surface area contributed by atoms with E-state index < -0.39 is 15.9 Å². The number of nitriles is 1. The first-order chi connectivity index (χ1) is 12.0. The van der Waals surface area contributed by atoms with Crippen molar-refractivity contribution in [3.05, 3.63) is 59.7 Å². The number of nitrogens with one attached hydrogen (secondary N) is 1. The molecule has 0 atom stereocenters. The van der Waals surface area contributed by atoms with E-state index in [4.69, 9.17) is 10.00 Å². The summed E-state index contributed by atoms with van der Waals surface area (Å²) in [6.07, 6.45) is 3.45. The van der Waals surface area contributed by atoms with Gasteiger partial charge in [0.2, 0.25) is 0 Å². The summed E-state index contributed by atoms with van der Waals surface area (Å²) >= 11 is 0. The van der Waals surface area contributed by atoms with Crippen molar-refractivity contribution in [2.75, 3.05) is 0 Å². The number of sulfonamides is 1. The Bertz CT molecular complexity index is 926. The van der Waals surface area contributed by atoms with Crippen molar-refractivity contribution in [3.8, 4) is 11.8 Å². The highest BCUT2D eigenvalue weighted by molar-refractivity contribution is 7.90. The average Bonchev–Trinajstić information content (AvgIpc) is 2.58. The minimum Gasteiger partial charge on any atom is -0.490 e. The molecule has 1 N–H and O–H groups in total. The number of hydrogen-bond donors (Lipinski definition) is 1. The second-order valence-electron chi connectivity index (χ2n) is 5.77. The molecule has 0 radical (unpaired) electrons. The first-order valence-corrected chi connectivity index (χ1v) is 9.30. The van der Waals surface area contributed by atoms with Gasteiger partial charge < -0.3 is 4.74 Å². The van der Waals surface area contributed by atoms with Crippen LogP contribution in [-0.4, -0.2) is 20.4 Å². The molecule has 0 aromatic heterocycles. The zero-order valence-corrected chi connectivity index (χ0v) is 14.1. The van der Waals surface area contributed by atoms with Crippen molar-refractivity contribution in [3.63, 3.8) is 0 Å².